The van der Waals surface area contributed by atoms with Gasteiger partial charge in [0.1, 0.15) is 11.5 Å². The largest absolute Gasteiger partial charge is 0.463 e. The van der Waals surface area contributed by atoms with Crippen LogP contribution >= 0.6 is 11.6 Å². The predicted molar refractivity (Wildman–Crippen MR) is 88.1 cm³/mol. The molecule has 23 heavy (non-hydrogen) atoms. The van der Waals surface area contributed by atoms with E-state index in [0.29, 0.717) is 22.1 Å². The highest BCUT2D eigenvalue weighted by Gasteiger charge is 2.04. The highest BCUT2D eigenvalue weighted by atomic mass is 35.5. The number of benzene rings is 2. The lowest BCUT2D eigenvalue weighted by molar-refractivity contribution is -0.137. The van der Waals surface area contributed by atoms with Crippen LogP contribution in [-0.4, -0.2) is 18.4 Å². The van der Waals surface area contributed by atoms with Crippen molar-refractivity contribution in [3.05, 3.63) is 71.3 Å². The summed E-state index contributed by atoms with van der Waals surface area (Å²) in [5.74, 6) is 0.367. The lowest BCUT2D eigenvalue weighted by Gasteiger charge is -2.06. The maximum Gasteiger partial charge on any atom is 0.330 e. The third kappa shape index (κ3) is 5.27. The SMILES string of the molecule is CCOC(=O)/C=C/C(=O)c1ccc(Oc2cccc(Cl)c2)cc1. The zero-order chi connectivity index (χ0) is 16.7. The molecule has 0 saturated heterocycles. The Morgan fingerprint density at radius 1 is 1.04 bits per heavy atom. The number of rotatable bonds is 6. The molecule has 0 aliphatic heterocycles. The molecule has 0 unspecified atom stereocenters. The second-order valence-corrected chi connectivity index (χ2v) is 4.97. The monoisotopic (exact) mass is 330 g/mol. The first-order valence-electron chi connectivity index (χ1n) is 7.01. The van der Waals surface area contributed by atoms with Crippen LogP contribution in [0.15, 0.2) is 60.7 Å². The van der Waals surface area contributed by atoms with Gasteiger partial charge in [-0.1, -0.05) is 17.7 Å². The van der Waals surface area contributed by atoms with Crippen LogP contribution in [0.5, 0.6) is 11.5 Å². The minimum atomic E-state index is -0.540. The molecular formula is C18H15ClO4. The number of halogens is 1. The summed E-state index contributed by atoms with van der Waals surface area (Å²) >= 11 is 5.89. The lowest BCUT2D eigenvalue weighted by Crippen LogP contribution is -2.01. The fourth-order valence-electron chi connectivity index (χ4n) is 1.78. The molecule has 0 N–H and O–H groups in total. The molecular weight excluding hydrogens is 316 g/mol. The molecule has 0 aromatic heterocycles. The van der Waals surface area contributed by atoms with E-state index in [0.717, 1.165) is 6.08 Å². The van der Waals surface area contributed by atoms with Crippen LogP contribution in [0.25, 0.3) is 0 Å². The Balaban J connectivity index is 2.01. The van der Waals surface area contributed by atoms with Crippen molar-refractivity contribution in [2.45, 2.75) is 6.92 Å². The summed E-state index contributed by atoms with van der Waals surface area (Å²) < 4.78 is 10.4. The number of carbonyl (C=O) groups excluding carboxylic acids is 2. The Hall–Kier alpha value is -2.59. The summed E-state index contributed by atoms with van der Waals surface area (Å²) in [4.78, 5) is 23.1. The van der Waals surface area contributed by atoms with Crippen LogP contribution in [0.4, 0.5) is 0 Å². The van der Waals surface area contributed by atoms with Crippen molar-refractivity contribution in [3.63, 3.8) is 0 Å². The van der Waals surface area contributed by atoms with Gasteiger partial charge in [-0.05, 0) is 55.5 Å². The highest BCUT2D eigenvalue weighted by Crippen LogP contribution is 2.24. The van der Waals surface area contributed by atoms with Gasteiger partial charge in [-0.3, -0.25) is 4.79 Å². The zero-order valence-electron chi connectivity index (χ0n) is 12.5. The van der Waals surface area contributed by atoms with Crippen molar-refractivity contribution in [2.75, 3.05) is 6.61 Å². The van der Waals surface area contributed by atoms with E-state index >= 15 is 0 Å². The number of esters is 1. The summed E-state index contributed by atoms with van der Waals surface area (Å²) in [6.07, 6.45) is 2.30. The molecule has 0 fully saturated rings. The van der Waals surface area contributed by atoms with Gasteiger partial charge in [0, 0.05) is 16.7 Å². The van der Waals surface area contributed by atoms with E-state index in [9.17, 15) is 9.59 Å². The Morgan fingerprint density at radius 2 is 1.78 bits per heavy atom. The Bertz CT molecular complexity index is 720. The van der Waals surface area contributed by atoms with E-state index in [4.69, 9.17) is 21.1 Å². The fraction of sp³-hybridized carbons (Fsp3) is 0.111. The predicted octanol–water partition coefficient (Wildman–Crippen LogP) is 4.43. The van der Waals surface area contributed by atoms with Gasteiger partial charge in [-0.2, -0.15) is 0 Å². The minimum absolute atomic E-state index is 0.271. The summed E-state index contributed by atoms with van der Waals surface area (Å²) in [7, 11) is 0. The minimum Gasteiger partial charge on any atom is -0.463 e. The molecule has 0 aliphatic carbocycles. The topological polar surface area (TPSA) is 52.6 Å². The molecule has 2 aromatic carbocycles. The number of hydrogen-bond donors (Lipinski definition) is 0. The average Bonchev–Trinajstić information content (AvgIpc) is 2.54. The van der Waals surface area contributed by atoms with E-state index in [2.05, 4.69) is 0 Å². The molecule has 0 amide bonds. The highest BCUT2D eigenvalue weighted by molar-refractivity contribution is 6.30. The van der Waals surface area contributed by atoms with E-state index in [1.807, 2.05) is 0 Å². The van der Waals surface area contributed by atoms with Crippen molar-refractivity contribution in [1.82, 2.24) is 0 Å². The van der Waals surface area contributed by atoms with E-state index in [-0.39, 0.29) is 12.4 Å². The van der Waals surface area contributed by atoms with Crippen LogP contribution in [0.2, 0.25) is 5.02 Å². The molecule has 2 rings (SSSR count). The number of ketones is 1. The first-order valence-corrected chi connectivity index (χ1v) is 7.39. The Morgan fingerprint density at radius 3 is 2.43 bits per heavy atom. The molecule has 2 aromatic rings. The van der Waals surface area contributed by atoms with Crippen LogP contribution < -0.4 is 4.74 Å². The third-order valence-corrected chi connectivity index (χ3v) is 3.06. The molecule has 4 nitrogen and oxygen atoms in total. The van der Waals surface area contributed by atoms with Crippen molar-refractivity contribution in [1.29, 1.82) is 0 Å². The van der Waals surface area contributed by atoms with Crippen molar-refractivity contribution in [2.24, 2.45) is 0 Å². The lowest BCUT2D eigenvalue weighted by atomic mass is 10.1. The summed E-state index contributed by atoms with van der Waals surface area (Å²) in [6.45, 7) is 1.97. The first-order chi connectivity index (χ1) is 11.1. The van der Waals surface area contributed by atoms with Crippen molar-refractivity contribution < 1.29 is 19.1 Å². The maximum absolute atomic E-state index is 11.9. The quantitative estimate of drug-likeness (QED) is 0.446. The second-order valence-electron chi connectivity index (χ2n) is 4.53. The standard InChI is InChI=1S/C18H15ClO4/c1-2-22-18(21)11-10-17(20)13-6-8-15(9-7-13)23-16-5-3-4-14(19)12-16/h3-12H,2H2,1H3/b11-10+. The van der Waals surface area contributed by atoms with E-state index in [1.54, 1.807) is 55.5 Å². The number of carbonyl (C=O) groups is 2. The van der Waals surface area contributed by atoms with Crippen LogP contribution in [0.1, 0.15) is 17.3 Å². The maximum atomic E-state index is 11.9. The molecule has 0 spiro atoms. The molecule has 0 atom stereocenters. The Labute approximate surface area is 139 Å². The second kappa shape index (κ2) is 8.15. The fourth-order valence-corrected chi connectivity index (χ4v) is 1.96. The van der Waals surface area contributed by atoms with Crippen LogP contribution in [0, 0.1) is 0 Å². The van der Waals surface area contributed by atoms with Gasteiger partial charge in [0.25, 0.3) is 0 Å². The zero-order valence-corrected chi connectivity index (χ0v) is 13.2. The summed E-state index contributed by atoms with van der Waals surface area (Å²) in [6, 6.07) is 13.6. The molecule has 0 heterocycles. The van der Waals surface area contributed by atoms with Crippen molar-refractivity contribution in [3.8, 4) is 11.5 Å². The number of allylic oxidation sites excluding steroid dienone is 1. The number of ether oxygens (including phenoxy) is 2. The van der Waals surface area contributed by atoms with Gasteiger partial charge in [0.05, 0.1) is 6.61 Å². The van der Waals surface area contributed by atoms with Gasteiger partial charge in [0.15, 0.2) is 5.78 Å². The third-order valence-electron chi connectivity index (χ3n) is 2.83. The smallest absolute Gasteiger partial charge is 0.330 e. The molecule has 0 aliphatic rings. The van der Waals surface area contributed by atoms with Gasteiger partial charge in [-0.25, -0.2) is 4.79 Å². The normalized spacial score (nSPS) is 10.5. The van der Waals surface area contributed by atoms with Gasteiger partial charge >= 0.3 is 5.97 Å². The van der Waals surface area contributed by atoms with Crippen LogP contribution in [-0.2, 0) is 9.53 Å². The van der Waals surface area contributed by atoms with Gasteiger partial charge in [-0.15, -0.1) is 0 Å². The molecule has 0 radical (unpaired) electrons. The average molecular weight is 331 g/mol. The van der Waals surface area contributed by atoms with E-state index < -0.39 is 5.97 Å². The number of hydrogen-bond acceptors (Lipinski definition) is 4. The van der Waals surface area contributed by atoms with Gasteiger partial charge < -0.3 is 9.47 Å². The molecule has 0 bridgehead atoms. The van der Waals surface area contributed by atoms with E-state index in [1.165, 1.54) is 6.08 Å². The molecule has 0 saturated carbocycles. The molecule has 5 heteroatoms. The first kappa shape index (κ1) is 16.8. The van der Waals surface area contributed by atoms with Crippen LogP contribution in [0.3, 0.4) is 0 Å². The van der Waals surface area contributed by atoms with Crippen molar-refractivity contribution >= 4 is 23.4 Å². The summed E-state index contributed by atoms with van der Waals surface area (Å²) in [5, 5.41) is 0.582. The molecule has 118 valence electrons. The summed E-state index contributed by atoms with van der Waals surface area (Å²) in [5.41, 5.74) is 0.448. The van der Waals surface area contributed by atoms with Gasteiger partial charge in [0.2, 0.25) is 0 Å². The Kier molecular flexibility index (Phi) is 5.94.